The van der Waals surface area contributed by atoms with Crippen LogP contribution in [0.15, 0.2) is 18.2 Å². The van der Waals surface area contributed by atoms with Crippen LogP contribution in [-0.4, -0.2) is 5.91 Å². The average Bonchev–Trinajstić information content (AvgIpc) is 2.91. The summed E-state index contributed by atoms with van der Waals surface area (Å²) in [5.41, 5.74) is 0.571. The van der Waals surface area contributed by atoms with Crippen molar-refractivity contribution in [2.24, 2.45) is 17.8 Å². The van der Waals surface area contributed by atoms with Crippen molar-refractivity contribution in [1.29, 1.82) is 0 Å². The summed E-state index contributed by atoms with van der Waals surface area (Å²) in [6.45, 7) is 0. The molecule has 2 unspecified atom stereocenters. The molecule has 2 fully saturated rings. The lowest BCUT2D eigenvalue weighted by Gasteiger charge is -2.12. The summed E-state index contributed by atoms with van der Waals surface area (Å²) >= 11 is 5.66. The highest BCUT2D eigenvalue weighted by molar-refractivity contribution is 6.31. The lowest BCUT2D eigenvalue weighted by atomic mass is 10.0. The van der Waals surface area contributed by atoms with E-state index in [9.17, 15) is 9.18 Å². The largest absolute Gasteiger partial charge is 0.326 e. The highest BCUT2D eigenvalue weighted by atomic mass is 35.5. The summed E-state index contributed by atoms with van der Waals surface area (Å²) in [4.78, 5) is 11.9. The molecule has 0 bridgehead atoms. The van der Waals surface area contributed by atoms with Crippen molar-refractivity contribution in [3.8, 4) is 0 Å². The fraction of sp³-hybridized carbons (Fsp3) is 0.462. The number of benzene rings is 1. The van der Waals surface area contributed by atoms with E-state index in [-0.39, 0.29) is 16.8 Å². The van der Waals surface area contributed by atoms with Crippen LogP contribution in [0.3, 0.4) is 0 Å². The van der Waals surface area contributed by atoms with E-state index in [0.717, 1.165) is 24.7 Å². The summed E-state index contributed by atoms with van der Waals surface area (Å²) in [6.07, 6.45) is 3.31. The Balaban J connectivity index is 1.65. The monoisotopic (exact) mass is 253 g/mol. The van der Waals surface area contributed by atoms with Gasteiger partial charge in [-0.15, -0.1) is 0 Å². The van der Waals surface area contributed by atoms with Crippen LogP contribution in [0.5, 0.6) is 0 Å². The second-order valence-corrected chi connectivity index (χ2v) is 5.45. The second-order valence-electron chi connectivity index (χ2n) is 5.04. The lowest BCUT2D eigenvalue weighted by Crippen LogP contribution is -2.21. The van der Waals surface area contributed by atoms with E-state index < -0.39 is 5.82 Å². The van der Waals surface area contributed by atoms with E-state index in [0.29, 0.717) is 5.69 Å². The van der Waals surface area contributed by atoms with Crippen LogP contribution in [0.1, 0.15) is 19.3 Å². The molecule has 0 aromatic heterocycles. The van der Waals surface area contributed by atoms with Gasteiger partial charge in [0.05, 0.1) is 5.02 Å². The highest BCUT2D eigenvalue weighted by Crippen LogP contribution is 2.54. The van der Waals surface area contributed by atoms with Crippen molar-refractivity contribution in [3.63, 3.8) is 0 Å². The first-order valence-corrected chi connectivity index (χ1v) is 6.27. The van der Waals surface area contributed by atoms with Crippen LogP contribution in [0.25, 0.3) is 0 Å². The SMILES string of the molecule is O=C(Nc1ccc(F)c(Cl)c1)C1CC2CC2C1. The Labute approximate surface area is 104 Å². The van der Waals surface area contributed by atoms with E-state index in [4.69, 9.17) is 11.6 Å². The molecule has 90 valence electrons. The molecule has 4 heteroatoms. The van der Waals surface area contributed by atoms with Crippen molar-refractivity contribution in [3.05, 3.63) is 29.0 Å². The first-order valence-electron chi connectivity index (χ1n) is 5.89. The van der Waals surface area contributed by atoms with Crippen LogP contribution in [0, 0.1) is 23.6 Å². The Hall–Kier alpha value is -1.09. The van der Waals surface area contributed by atoms with Crippen molar-refractivity contribution in [1.82, 2.24) is 0 Å². The molecule has 0 saturated heterocycles. The minimum Gasteiger partial charge on any atom is -0.326 e. The van der Waals surface area contributed by atoms with E-state index in [1.165, 1.54) is 24.6 Å². The summed E-state index contributed by atoms with van der Waals surface area (Å²) in [6, 6.07) is 4.25. The molecule has 0 radical (unpaired) electrons. The van der Waals surface area contributed by atoms with Crippen LogP contribution < -0.4 is 5.32 Å². The molecule has 2 aliphatic rings. The van der Waals surface area contributed by atoms with Gasteiger partial charge in [-0.3, -0.25) is 4.79 Å². The fourth-order valence-corrected chi connectivity index (χ4v) is 2.93. The molecule has 1 aromatic rings. The minimum atomic E-state index is -0.466. The van der Waals surface area contributed by atoms with E-state index in [2.05, 4.69) is 5.32 Å². The van der Waals surface area contributed by atoms with Crippen LogP contribution in [0.4, 0.5) is 10.1 Å². The van der Waals surface area contributed by atoms with Gasteiger partial charge in [0.15, 0.2) is 0 Å². The van der Waals surface area contributed by atoms with Gasteiger partial charge in [0.1, 0.15) is 5.82 Å². The van der Waals surface area contributed by atoms with Crippen molar-refractivity contribution in [2.45, 2.75) is 19.3 Å². The van der Waals surface area contributed by atoms with Crippen LogP contribution in [-0.2, 0) is 4.79 Å². The Morgan fingerprint density at radius 3 is 2.65 bits per heavy atom. The van der Waals surface area contributed by atoms with E-state index in [1.807, 2.05) is 0 Å². The standard InChI is InChI=1S/C13H13ClFNO/c14-11-6-10(1-2-12(11)15)16-13(17)9-4-7-3-8(7)5-9/h1-2,6-9H,3-5H2,(H,16,17). The predicted molar refractivity (Wildman–Crippen MR) is 64.4 cm³/mol. The number of hydrogen-bond donors (Lipinski definition) is 1. The summed E-state index contributed by atoms with van der Waals surface area (Å²) in [7, 11) is 0. The molecule has 1 N–H and O–H groups in total. The van der Waals surface area contributed by atoms with Gasteiger partial charge >= 0.3 is 0 Å². The van der Waals surface area contributed by atoms with Crippen LogP contribution >= 0.6 is 11.6 Å². The number of nitrogens with one attached hydrogen (secondary N) is 1. The summed E-state index contributed by atoms with van der Waals surface area (Å²) < 4.78 is 12.9. The molecular formula is C13H13ClFNO. The fourth-order valence-electron chi connectivity index (χ4n) is 2.75. The molecule has 0 spiro atoms. The summed E-state index contributed by atoms with van der Waals surface area (Å²) in [5, 5.41) is 2.84. The number of hydrogen-bond acceptors (Lipinski definition) is 1. The third-order valence-electron chi connectivity index (χ3n) is 3.80. The molecule has 0 heterocycles. The molecular weight excluding hydrogens is 241 g/mol. The predicted octanol–water partition coefficient (Wildman–Crippen LogP) is 3.46. The number of anilines is 1. The molecule has 2 saturated carbocycles. The smallest absolute Gasteiger partial charge is 0.227 e. The first-order chi connectivity index (χ1) is 8.13. The van der Waals surface area contributed by atoms with Gasteiger partial charge in [-0.25, -0.2) is 4.39 Å². The van der Waals surface area contributed by atoms with Crippen molar-refractivity contribution < 1.29 is 9.18 Å². The molecule has 2 aliphatic carbocycles. The molecule has 2 nitrogen and oxygen atoms in total. The lowest BCUT2D eigenvalue weighted by molar-refractivity contribution is -0.120. The third kappa shape index (κ3) is 2.16. The molecule has 1 aromatic carbocycles. The number of carbonyl (C=O) groups is 1. The molecule has 3 rings (SSSR count). The van der Waals surface area contributed by atoms with Gasteiger partial charge in [-0.1, -0.05) is 11.6 Å². The molecule has 17 heavy (non-hydrogen) atoms. The van der Waals surface area contributed by atoms with Crippen molar-refractivity contribution in [2.75, 3.05) is 5.32 Å². The zero-order valence-electron chi connectivity index (χ0n) is 9.25. The Morgan fingerprint density at radius 2 is 2.00 bits per heavy atom. The Bertz CT molecular complexity index is 466. The van der Waals surface area contributed by atoms with Gasteiger partial charge in [0.25, 0.3) is 0 Å². The molecule has 1 amide bonds. The zero-order valence-corrected chi connectivity index (χ0v) is 10.0. The van der Waals surface area contributed by atoms with Gasteiger partial charge < -0.3 is 5.32 Å². The normalized spacial score (nSPS) is 29.9. The molecule has 0 aliphatic heterocycles. The first kappa shape index (κ1) is 11.0. The average molecular weight is 254 g/mol. The van der Waals surface area contributed by atoms with Gasteiger partial charge in [-0.05, 0) is 49.3 Å². The number of carbonyl (C=O) groups excluding carboxylic acids is 1. The van der Waals surface area contributed by atoms with Crippen molar-refractivity contribution >= 4 is 23.2 Å². The Kier molecular flexibility index (Phi) is 2.58. The van der Waals surface area contributed by atoms with Crippen LogP contribution in [0.2, 0.25) is 5.02 Å². The molecule has 2 atom stereocenters. The van der Waals surface area contributed by atoms with Gasteiger partial charge in [-0.2, -0.15) is 0 Å². The van der Waals surface area contributed by atoms with E-state index >= 15 is 0 Å². The number of rotatable bonds is 2. The highest BCUT2D eigenvalue weighted by Gasteiger charge is 2.47. The van der Waals surface area contributed by atoms with Gasteiger partial charge in [0, 0.05) is 11.6 Å². The number of halogens is 2. The second kappa shape index (κ2) is 3.98. The third-order valence-corrected chi connectivity index (χ3v) is 4.09. The minimum absolute atomic E-state index is 0.0390. The maximum atomic E-state index is 12.9. The maximum Gasteiger partial charge on any atom is 0.227 e. The zero-order chi connectivity index (χ0) is 12.0. The quantitative estimate of drug-likeness (QED) is 0.859. The Morgan fingerprint density at radius 1 is 1.29 bits per heavy atom. The summed E-state index contributed by atoms with van der Waals surface area (Å²) in [5.74, 6) is 1.26. The maximum absolute atomic E-state index is 12.9. The number of fused-ring (bicyclic) bond motifs is 1. The topological polar surface area (TPSA) is 29.1 Å². The van der Waals surface area contributed by atoms with E-state index in [1.54, 1.807) is 0 Å². The van der Waals surface area contributed by atoms with Gasteiger partial charge in [0.2, 0.25) is 5.91 Å². The number of amides is 1.